The first-order valence-corrected chi connectivity index (χ1v) is 7.85. The van der Waals surface area contributed by atoms with Crippen molar-refractivity contribution in [2.45, 2.75) is 32.7 Å². The monoisotopic (exact) mass is 318 g/mol. The number of amides is 1. The Morgan fingerprint density at radius 1 is 1.43 bits per heavy atom. The largest absolute Gasteiger partial charge is 0.468 e. The standard InChI is InChI=1S/C17H26N4O2/c1-12-14(13(2)21(5)19-12)8-9-17(22)18-11-15(20(3)4)16-7-6-10-23-16/h6-7,10,15H,8-9,11H2,1-5H3,(H,18,22)/t15-/m0/s1. The fourth-order valence-corrected chi connectivity index (χ4v) is 2.74. The summed E-state index contributed by atoms with van der Waals surface area (Å²) in [5.41, 5.74) is 3.29. The molecule has 6 heteroatoms. The Balaban J connectivity index is 1.87. The maximum absolute atomic E-state index is 12.2. The molecule has 2 aromatic rings. The first kappa shape index (κ1) is 17.3. The molecule has 2 aromatic heterocycles. The molecule has 0 aromatic carbocycles. The summed E-state index contributed by atoms with van der Waals surface area (Å²) in [6.45, 7) is 4.55. The highest BCUT2D eigenvalue weighted by atomic mass is 16.3. The molecule has 0 radical (unpaired) electrons. The molecular weight excluding hydrogens is 292 g/mol. The summed E-state index contributed by atoms with van der Waals surface area (Å²) in [7, 11) is 5.88. The SMILES string of the molecule is Cc1nn(C)c(C)c1CCC(=O)NC[C@@H](c1ccco1)N(C)C. The average Bonchev–Trinajstić information content (AvgIpc) is 3.08. The Labute approximate surface area is 137 Å². The number of aryl methyl sites for hydroxylation is 2. The first-order valence-electron chi connectivity index (χ1n) is 7.85. The lowest BCUT2D eigenvalue weighted by atomic mass is 10.1. The third-order valence-corrected chi connectivity index (χ3v) is 4.25. The van der Waals surface area contributed by atoms with Crippen LogP contribution in [0, 0.1) is 13.8 Å². The lowest BCUT2D eigenvalue weighted by molar-refractivity contribution is -0.121. The molecule has 0 fully saturated rings. The zero-order valence-electron chi connectivity index (χ0n) is 14.6. The predicted molar refractivity (Wildman–Crippen MR) is 89.1 cm³/mol. The summed E-state index contributed by atoms with van der Waals surface area (Å²) in [6, 6.07) is 3.83. The minimum atomic E-state index is 0.0378. The molecule has 1 atom stereocenters. The van der Waals surface area contributed by atoms with Gasteiger partial charge in [-0.1, -0.05) is 0 Å². The highest BCUT2D eigenvalue weighted by Gasteiger charge is 2.18. The molecule has 1 N–H and O–H groups in total. The third-order valence-electron chi connectivity index (χ3n) is 4.25. The molecule has 0 saturated heterocycles. The second kappa shape index (κ2) is 7.46. The number of furan rings is 1. The number of nitrogens with zero attached hydrogens (tertiary/aromatic N) is 3. The van der Waals surface area contributed by atoms with E-state index in [-0.39, 0.29) is 11.9 Å². The maximum Gasteiger partial charge on any atom is 0.220 e. The second-order valence-corrected chi connectivity index (χ2v) is 6.07. The molecule has 23 heavy (non-hydrogen) atoms. The molecular formula is C17H26N4O2. The van der Waals surface area contributed by atoms with Crippen molar-refractivity contribution in [2.24, 2.45) is 7.05 Å². The van der Waals surface area contributed by atoms with Crippen molar-refractivity contribution in [3.05, 3.63) is 41.1 Å². The van der Waals surface area contributed by atoms with Crippen LogP contribution in [0.5, 0.6) is 0 Å². The van der Waals surface area contributed by atoms with Crippen LogP contribution in [0.2, 0.25) is 0 Å². The molecule has 6 nitrogen and oxygen atoms in total. The Morgan fingerprint density at radius 2 is 2.17 bits per heavy atom. The number of rotatable bonds is 7. The zero-order valence-corrected chi connectivity index (χ0v) is 14.6. The van der Waals surface area contributed by atoms with E-state index in [1.54, 1.807) is 6.26 Å². The maximum atomic E-state index is 12.2. The zero-order chi connectivity index (χ0) is 17.0. The van der Waals surface area contributed by atoms with Crippen LogP contribution in [0.1, 0.15) is 35.2 Å². The van der Waals surface area contributed by atoms with E-state index in [0.717, 1.165) is 22.7 Å². The van der Waals surface area contributed by atoms with Crippen molar-refractivity contribution in [3.8, 4) is 0 Å². The van der Waals surface area contributed by atoms with Crippen LogP contribution in [-0.4, -0.2) is 41.2 Å². The number of nitrogens with one attached hydrogen (secondary N) is 1. The van der Waals surface area contributed by atoms with E-state index in [4.69, 9.17) is 4.42 Å². The van der Waals surface area contributed by atoms with Gasteiger partial charge in [0.15, 0.2) is 0 Å². The lowest BCUT2D eigenvalue weighted by Crippen LogP contribution is -2.34. The van der Waals surface area contributed by atoms with Crippen molar-refractivity contribution in [2.75, 3.05) is 20.6 Å². The Hall–Kier alpha value is -2.08. The molecule has 2 rings (SSSR count). The highest BCUT2D eigenvalue weighted by Crippen LogP contribution is 2.18. The summed E-state index contributed by atoms with van der Waals surface area (Å²) in [5.74, 6) is 0.903. The average molecular weight is 318 g/mol. The molecule has 2 heterocycles. The summed E-state index contributed by atoms with van der Waals surface area (Å²) in [4.78, 5) is 14.2. The van der Waals surface area contributed by atoms with Crippen molar-refractivity contribution in [1.82, 2.24) is 20.0 Å². The number of hydrogen-bond donors (Lipinski definition) is 1. The number of aromatic nitrogens is 2. The van der Waals surface area contributed by atoms with Gasteiger partial charge in [0.25, 0.3) is 0 Å². The van der Waals surface area contributed by atoms with Gasteiger partial charge in [0.05, 0.1) is 18.0 Å². The van der Waals surface area contributed by atoms with Crippen LogP contribution in [-0.2, 0) is 18.3 Å². The van der Waals surface area contributed by atoms with Crippen LogP contribution >= 0.6 is 0 Å². The Morgan fingerprint density at radius 3 is 2.70 bits per heavy atom. The van der Waals surface area contributed by atoms with Gasteiger partial charge in [-0.15, -0.1) is 0 Å². The van der Waals surface area contributed by atoms with Gasteiger partial charge in [-0.05, 0) is 52.1 Å². The molecule has 0 unspecified atom stereocenters. The molecule has 0 aliphatic carbocycles. The summed E-state index contributed by atoms with van der Waals surface area (Å²) in [5, 5.41) is 7.39. The summed E-state index contributed by atoms with van der Waals surface area (Å²) < 4.78 is 7.31. The van der Waals surface area contributed by atoms with Crippen molar-refractivity contribution in [1.29, 1.82) is 0 Å². The first-order chi connectivity index (χ1) is 10.9. The topological polar surface area (TPSA) is 63.3 Å². The van der Waals surface area contributed by atoms with Crippen LogP contribution in [0.4, 0.5) is 0 Å². The van der Waals surface area contributed by atoms with Crippen molar-refractivity contribution >= 4 is 5.91 Å². The fraction of sp³-hybridized carbons (Fsp3) is 0.529. The van der Waals surface area contributed by atoms with E-state index in [1.807, 2.05) is 56.7 Å². The van der Waals surface area contributed by atoms with Crippen molar-refractivity contribution in [3.63, 3.8) is 0 Å². The third kappa shape index (κ3) is 4.22. The number of carbonyl (C=O) groups excluding carboxylic acids is 1. The van der Waals surface area contributed by atoms with Crippen LogP contribution < -0.4 is 5.32 Å². The van der Waals surface area contributed by atoms with Crippen LogP contribution in [0.3, 0.4) is 0 Å². The second-order valence-electron chi connectivity index (χ2n) is 6.07. The van der Waals surface area contributed by atoms with Crippen molar-refractivity contribution < 1.29 is 9.21 Å². The highest BCUT2D eigenvalue weighted by molar-refractivity contribution is 5.76. The van der Waals surface area contributed by atoms with Gasteiger partial charge in [0.1, 0.15) is 5.76 Å². The summed E-state index contributed by atoms with van der Waals surface area (Å²) >= 11 is 0. The van der Waals surface area contributed by atoms with Gasteiger partial charge in [-0.2, -0.15) is 5.10 Å². The molecule has 0 aliphatic heterocycles. The Kier molecular flexibility index (Phi) is 5.60. The quantitative estimate of drug-likeness (QED) is 0.848. The van der Waals surface area contributed by atoms with Crippen LogP contribution in [0.15, 0.2) is 22.8 Å². The number of hydrogen-bond acceptors (Lipinski definition) is 4. The van der Waals surface area contributed by atoms with Gasteiger partial charge in [0.2, 0.25) is 5.91 Å². The van der Waals surface area contributed by atoms with E-state index in [0.29, 0.717) is 19.4 Å². The van der Waals surface area contributed by atoms with E-state index >= 15 is 0 Å². The molecule has 0 saturated carbocycles. The van der Waals surface area contributed by atoms with E-state index in [1.165, 1.54) is 0 Å². The van der Waals surface area contributed by atoms with Gasteiger partial charge < -0.3 is 9.73 Å². The summed E-state index contributed by atoms with van der Waals surface area (Å²) in [6.07, 6.45) is 2.83. The molecule has 0 aliphatic rings. The molecule has 0 spiro atoms. The minimum Gasteiger partial charge on any atom is -0.468 e. The van der Waals surface area contributed by atoms with Gasteiger partial charge in [-0.3, -0.25) is 14.4 Å². The fourth-order valence-electron chi connectivity index (χ4n) is 2.74. The predicted octanol–water partition coefficient (Wildman–Crippen LogP) is 1.98. The van der Waals surface area contributed by atoms with E-state index in [2.05, 4.69) is 10.4 Å². The van der Waals surface area contributed by atoms with Gasteiger partial charge in [-0.25, -0.2) is 0 Å². The smallest absolute Gasteiger partial charge is 0.220 e. The van der Waals surface area contributed by atoms with Gasteiger partial charge in [0, 0.05) is 25.7 Å². The number of carbonyl (C=O) groups is 1. The minimum absolute atomic E-state index is 0.0378. The molecule has 1 amide bonds. The molecule has 126 valence electrons. The normalized spacial score (nSPS) is 12.6. The van der Waals surface area contributed by atoms with E-state index in [9.17, 15) is 4.79 Å². The van der Waals surface area contributed by atoms with Gasteiger partial charge >= 0.3 is 0 Å². The Bertz CT molecular complexity index is 644. The lowest BCUT2D eigenvalue weighted by Gasteiger charge is -2.22. The molecule has 0 bridgehead atoms. The van der Waals surface area contributed by atoms with E-state index < -0.39 is 0 Å². The number of likely N-dealkylation sites (N-methyl/N-ethyl adjacent to an activating group) is 1. The van der Waals surface area contributed by atoms with Crippen LogP contribution in [0.25, 0.3) is 0 Å².